The largest absolute Gasteiger partial charge is 0.467 e. The molecule has 0 radical (unpaired) electrons. The first kappa shape index (κ1) is 11.8. The number of aryl methyl sites for hydroxylation is 1. The normalized spacial score (nSPS) is 12.8. The monoisotopic (exact) mass is 210 g/mol. The van der Waals surface area contributed by atoms with Gasteiger partial charge in [0.2, 0.25) is 0 Å². The molecule has 0 aliphatic heterocycles. The molecule has 0 aromatic carbocycles. The standard InChI is InChI=1S/C11H18N2O2/c1-4-10-11(13-6-12-10)9(8(2)3)5-15-7-14/h6-9H,4-5H2,1-3H3,(H,12,13). The lowest BCUT2D eigenvalue weighted by molar-refractivity contribution is -0.129. The molecule has 1 heterocycles. The van der Waals surface area contributed by atoms with E-state index in [0.717, 1.165) is 17.8 Å². The van der Waals surface area contributed by atoms with Crippen molar-refractivity contribution in [3.63, 3.8) is 0 Å². The number of rotatable bonds is 6. The number of ether oxygens (including phenoxy) is 1. The summed E-state index contributed by atoms with van der Waals surface area (Å²) in [7, 11) is 0. The van der Waals surface area contributed by atoms with Crippen LogP contribution in [0.15, 0.2) is 6.33 Å². The zero-order valence-electron chi connectivity index (χ0n) is 9.49. The molecule has 1 atom stereocenters. The van der Waals surface area contributed by atoms with Gasteiger partial charge in [-0.3, -0.25) is 4.79 Å². The van der Waals surface area contributed by atoms with Crippen molar-refractivity contribution < 1.29 is 9.53 Å². The van der Waals surface area contributed by atoms with Crippen molar-refractivity contribution in [1.82, 2.24) is 9.97 Å². The van der Waals surface area contributed by atoms with Crippen LogP contribution in [0.25, 0.3) is 0 Å². The van der Waals surface area contributed by atoms with Gasteiger partial charge in [-0.05, 0) is 12.3 Å². The minimum absolute atomic E-state index is 0.202. The van der Waals surface area contributed by atoms with Crippen molar-refractivity contribution in [3.05, 3.63) is 17.7 Å². The first-order chi connectivity index (χ1) is 7.20. The molecule has 4 heteroatoms. The number of aromatic nitrogens is 2. The number of carbonyl (C=O) groups is 1. The van der Waals surface area contributed by atoms with E-state index in [4.69, 9.17) is 4.74 Å². The molecule has 0 aliphatic rings. The van der Waals surface area contributed by atoms with E-state index in [9.17, 15) is 4.79 Å². The maximum Gasteiger partial charge on any atom is 0.293 e. The summed E-state index contributed by atoms with van der Waals surface area (Å²) in [5, 5.41) is 0. The molecule has 0 aliphatic carbocycles. The SMILES string of the molecule is CCc1nc[nH]c1C(COC=O)C(C)C. The van der Waals surface area contributed by atoms with E-state index >= 15 is 0 Å². The molecule has 1 aromatic heterocycles. The van der Waals surface area contributed by atoms with Crippen LogP contribution in [0.4, 0.5) is 0 Å². The molecule has 0 saturated heterocycles. The number of nitrogens with zero attached hydrogens (tertiary/aromatic N) is 1. The third kappa shape index (κ3) is 2.81. The molecule has 84 valence electrons. The minimum Gasteiger partial charge on any atom is -0.467 e. The third-order valence-electron chi connectivity index (χ3n) is 2.61. The second kappa shape index (κ2) is 5.53. The highest BCUT2D eigenvalue weighted by Crippen LogP contribution is 2.25. The smallest absolute Gasteiger partial charge is 0.293 e. The van der Waals surface area contributed by atoms with Gasteiger partial charge in [-0.1, -0.05) is 20.8 Å². The Labute approximate surface area is 90.1 Å². The Morgan fingerprint density at radius 2 is 2.33 bits per heavy atom. The van der Waals surface area contributed by atoms with Crippen molar-refractivity contribution in [1.29, 1.82) is 0 Å². The average Bonchev–Trinajstić information content (AvgIpc) is 2.66. The van der Waals surface area contributed by atoms with Gasteiger partial charge in [0.15, 0.2) is 0 Å². The molecular weight excluding hydrogens is 192 g/mol. The van der Waals surface area contributed by atoms with E-state index in [1.165, 1.54) is 0 Å². The molecule has 1 N–H and O–H groups in total. The van der Waals surface area contributed by atoms with Gasteiger partial charge in [-0.15, -0.1) is 0 Å². The number of hydrogen-bond acceptors (Lipinski definition) is 3. The highest BCUT2D eigenvalue weighted by atomic mass is 16.5. The second-order valence-corrected chi connectivity index (χ2v) is 3.90. The van der Waals surface area contributed by atoms with E-state index in [1.807, 2.05) is 0 Å². The van der Waals surface area contributed by atoms with Crippen LogP contribution >= 0.6 is 0 Å². The lowest BCUT2D eigenvalue weighted by atomic mass is 9.92. The van der Waals surface area contributed by atoms with Gasteiger partial charge >= 0.3 is 0 Å². The topological polar surface area (TPSA) is 55.0 Å². The fourth-order valence-corrected chi connectivity index (χ4v) is 1.69. The molecule has 0 bridgehead atoms. The third-order valence-corrected chi connectivity index (χ3v) is 2.61. The van der Waals surface area contributed by atoms with Crippen LogP contribution in [0.1, 0.15) is 38.1 Å². The van der Waals surface area contributed by atoms with Crippen LogP contribution in [0, 0.1) is 5.92 Å². The fraction of sp³-hybridized carbons (Fsp3) is 0.636. The summed E-state index contributed by atoms with van der Waals surface area (Å²) in [6.07, 6.45) is 2.59. The van der Waals surface area contributed by atoms with Gasteiger partial charge in [-0.2, -0.15) is 0 Å². The summed E-state index contributed by atoms with van der Waals surface area (Å²) in [5.74, 6) is 0.614. The Kier molecular flexibility index (Phi) is 4.34. The maximum atomic E-state index is 10.2. The first-order valence-electron chi connectivity index (χ1n) is 5.28. The minimum atomic E-state index is 0.202. The molecule has 0 fully saturated rings. The quantitative estimate of drug-likeness (QED) is 0.729. The van der Waals surface area contributed by atoms with Gasteiger partial charge in [0.05, 0.1) is 18.6 Å². The number of carbonyl (C=O) groups excluding carboxylic acids is 1. The van der Waals surface area contributed by atoms with Gasteiger partial charge in [0.1, 0.15) is 0 Å². The first-order valence-corrected chi connectivity index (χ1v) is 5.28. The lowest BCUT2D eigenvalue weighted by Gasteiger charge is -2.19. The number of nitrogens with one attached hydrogen (secondary N) is 1. The Balaban J connectivity index is 2.83. The molecule has 1 unspecified atom stereocenters. The molecule has 0 amide bonds. The summed E-state index contributed by atoms with van der Waals surface area (Å²) < 4.78 is 4.85. The second-order valence-electron chi connectivity index (χ2n) is 3.90. The molecular formula is C11H18N2O2. The summed E-state index contributed by atoms with van der Waals surface area (Å²) in [6.45, 7) is 7.20. The lowest BCUT2D eigenvalue weighted by Crippen LogP contribution is -2.15. The molecule has 15 heavy (non-hydrogen) atoms. The molecule has 1 rings (SSSR count). The summed E-state index contributed by atoms with van der Waals surface area (Å²) in [4.78, 5) is 17.6. The van der Waals surface area contributed by atoms with Crippen LogP contribution in [-0.2, 0) is 16.0 Å². The molecule has 0 saturated carbocycles. The predicted molar refractivity (Wildman–Crippen MR) is 57.6 cm³/mol. The molecule has 0 spiro atoms. The number of imidazole rings is 1. The Morgan fingerprint density at radius 3 is 2.87 bits per heavy atom. The Morgan fingerprint density at radius 1 is 1.60 bits per heavy atom. The average molecular weight is 210 g/mol. The Hall–Kier alpha value is -1.32. The molecule has 1 aromatic rings. The highest BCUT2D eigenvalue weighted by molar-refractivity contribution is 5.37. The predicted octanol–water partition coefficient (Wildman–Crippen LogP) is 1.88. The van der Waals surface area contributed by atoms with Crippen LogP contribution in [0.3, 0.4) is 0 Å². The van der Waals surface area contributed by atoms with Crippen LogP contribution in [0.2, 0.25) is 0 Å². The van der Waals surface area contributed by atoms with Gasteiger partial charge < -0.3 is 9.72 Å². The van der Waals surface area contributed by atoms with Gasteiger partial charge in [0, 0.05) is 11.6 Å². The fourth-order valence-electron chi connectivity index (χ4n) is 1.69. The summed E-state index contributed by atoms with van der Waals surface area (Å²) >= 11 is 0. The van der Waals surface area contributed by atoms with Crippen molar-refractivity contribution in [2.75, 3.05) is 6.61 Å². The zero-order chi connectivity index (χ0) is 11.3. The van der Waals surface area contributed by atoms with Crippen molar-refractivity contribution in [2.24, 2.45) is 5.92 Å². The number of H-pyrrole nitrogens is 1. The van der Waals surface area contributed by atoms with Crippen LogP contribution < -0.4 is 0 Å². The van der Waals surface area contributed by atoms with Gasteiger partial charge in [0.25, 0.3) is 6.47 Å². The van der Waals surface area contributed by atoms with Crippen molar-refractivity contribution in [3.8, 4) is 0 Å². The van der Waals surface area contributed by atoms with Crippen molar-refractivity contribution in [2.45, 2.75) is 33.1 Å². The van der Waals surface area contributed by atoms with Crippen molar-refractivity contribution >= 4 is 6.47 Å². The van der Waals surface area contributed by atoms with E-state index in [-0.39, 0.29) is 5.92 Å². The number of aromatic amines is 1. The Bertz CT molecular complexity index is 307. The van der Waals surface area contributed by atoms with Crippen LogP contribution in [-0.4, -0.2) is 23.0 Å². The van der Waals surface area contributed by atoms with Crippen LogP contribution in [0.5, 0.6) is 0 Å². The molecule has 4 nitrogen and oxygen atoms in total. The van der Waals surface area contributed by atoms with E-state index in [2.05, 4.69) is 30.7 Å². The maximum absolute atomic E-state index is 10.2. The van der Waals surface area contributed by atoms with E-state index in [0.29, 0.717) is 19.0 Å². The number of hydrogen-bond donors (Lipinski definition) is 1. The summed E-state index contributed by atoms with van der Waals surface area (Å²) in [6, 6.07) is 0. The van der Waals surface area contributed by atoms with E-state index < -0.39 is 0 Å². The van der Waals surface area contributed by atoms with E-state index in [1.54, 1.807) is 6.33 Å². The van der Waals surface area contributed by atoms with Gasteiger partial charge in [-0.25, -0.2) is 4.98 Å². The summed E-state index contributed by atoms with van der Waals surface area (Å²) in [5.41, 5.74) is 2.15. The highest BCUT2D eigenvalue weighted by Gasteiger charge is 2.20. The zero-order valence-corrected chi connectivity index (χ0v) is 9.49.